The fourth-order valence-corrected chi connectivity index (χ4v) is 4.76. The van der Waals surface area contributed by atoms with Gasteiger partial charge in [-0.1, -0.05) is 61.4 Å². The Hall–Kier alpha value is -3.25. The molecule has 1 fully saturated rings. The number of fused-ring (bicyclic) bond motifs is 1. The van der Waals surface area contributed by atoms with Gasteiger partial charge in [0.25, 0.3) is 0 Å². The molecule has 1 N–H and O–H groups in total. The molecule has 1 atom stereocenters. The fourth-order valence-electron chi connectivity index (χ4n) is 4.76. The maximum Gasteiger partial charge on any atom is 0.242 e. The van der Waals surface area contributed by atoms with Gasteiger partial charge in [0.05, 0.1) is 5.56 Å². The molecule has 1 unspecified atom stereocenters. The van der Waals surface area contributed by atoms with Gasteiger partial charge in [-0.05, 0) is 35.6 Å². The van der Waals surface area contributed by atoms with E-state index >= 15 is 0 Å². The van der Waals surface area contributed by atoms with Crippen LogP contribution in [0, 0.1) is 0 Å². The van der Waals surface area contributed by atoms with E-state index in [0.29, 0.717) is 25.6 Å². The van der Waals surface area contributed by atoms with Gasteiger partial charge in [0.1, 0.15) is 19.0 Å². The lowest BCUT2D eigenvalue weighted by molar-refractivity contribution is -0.127. The van der Waals surface area contributed by atoms with E-state index in [-0.39, 0.29) is 11.9 Å². The smallest absolute Gasteiger partial charge is 0.242 e. The van der Waals surface area contributed by atoms with Crippen molar-refractivity contribution in [3.8, 4) is 17.0 Å². The number of nitrogens with one attached hydrogen (secondary N) is 1. The van der Waals surface area contributed by atoms with Gasteiger partial charge in [-0.3, -0.25) is 9.69 Å². The van der Waals surface area contributed by atoms with E-state index in [0.717, 1.165) is 24.0 Å². The van der Waals surface area contributed by atoms with Crippen LogP contribution in [0.4, 0.5) is 0 Å². The molecular weight excluding hydrogens is 400 g/mol. The van der Waals surface area contributed by atoms with Crippen molar-refractivity contribution in [3.05, 3.63) is 78.2 Å². The Bertz CT molecular complexity index is 1070. The molecule has 0 bridgehead atoms. The number of amides is 1. The molecule has 1 aromatic heterocycles. The molecule has 6 nitrogen and oxygen atoms in total. The van der Waals surface area contributed by atoms with Crippen LogP contribution in [0.25, 0.3) is 11.1 Å². The fraction of sp³-hybridized carbons (Fsp3) is 0.346. The Morgan fingerprint density at radius 2 is 1.88 bits per heavy atom. The number of nitrogens with zero attached hydrogens (tertiary/aromatic N) is 3. The first-order chi connectivity index (χ1) is 15.8. The zero-order chi connectivity index (χ0) is 21.8. The summed E-state index contributed by atoms with van der Waals surface area (Å²) in [4.78, 5) is 24.2. The second kappa shape index (κ2) is 9.49. The lowest BCUT2D eigenvalue weighted by Crippen LogP contribution is -2.43. The van der Waals surface area contributed by atoms with E-state index < -0.39 is 6.04 Å². The minimum Gasteiger partial charge on any atom is -0.476 e. The van der Waals surface area contributed by atoms with Crippen LogP contribution in [-0.2, 0) is 11.3 Å². The highest BCUT2D eigenvalue weighted by molar-refractivity contribution is 5.84. The number of carbonyl (C=O) groups excluding carboxylic acids is 1. The molecule has 0 saturated heterocycles. The summed E-state index contributed by atoms with van der Waals surface area (Å²) in [5.74, 6) is 0.518. The van der Waals surface area contributed by atoms with Crippen LogP contribution in [0.2, 0.25) is 0 Å². The summed E-state index contributed by atoms with van der Waals surface area (Å²) in [7, 11) is 0. The van der Waals surface area contributed by atoms with Gasteiger partial charge in [-0.2, -0.15) is 0 Å². The van der Waals surface area contributed by atoms with Crippen molar-refractivity contribution in [1.29, 1.82) is 0 Å². The summed E-state index contributed by atoms with van der Waals surface area (Å²) in [5.41, 5.74) is 4.25. The Labute approximate surface area is 188 Å². The lowest BCUT2D eigenvalue weighted by atomic mass is 10.0. The van der Waals surface area contributed by atoms with Crippen LogP contribution < -0.4 is 10.1 Å². The van der Waals surface area contributed by atoms with Crippen molar-refractivity contribution in [2.45, 2.75) is 44.3 Å². The second-order valence-corrected chi connectivity index (χ2v) is 8.56. The summed E-state index contributed by atoms with van der Waals surface area (Å²) >= 11 is 0. The summed E-state index contributed by atoms with van der Waals surface area (Å²) < 4.78 is 5.89. The molecule has 2 heterocycles. The number of rotatable bonds is 5. The Kier molecular flexibility index (Phi) is 6.12. The number of ether oxygens (including phenoxy) is 1. The van der Waals surface area contributed by atoms with E-state index in [2.05, 4.69) is 68.7 Å². The van der Waals surface area contributed by atoms with Crippen LogP contribution in [0.3, 0.4) is 0 Å². The highest BCUT2D eigenvalue weighted by Crippen LogP contribution is 2.32. The molecule has 0 spiro atoms. The van der Waals surface area contributed by atoms with E-state index in [1.165, 1.54) is 30.3 Å². The zero-order valence-electron chi connectivity index (χ0n) is 18.1. The Balaban J connectivity index is 1.44. The minimum absolute atomic E-state index is 0.0117. The van der Waals surface area contributed by atoms with Crippen LogP contribution in [0.1, 0.15) is 42.9 Å². The van der Waals surface area contributed by atoms with Crippen molar-refractivity contribution in [1.82, 2.24) is 20.2 Å². The van der Waals surface area contributed by atoms with Gasteiger partial charge in [-0.15, -0.1) is 0 Å². The molecule has 164 valence electrons. The summed E-state index contributed by atoms with van der Waals surface area (Å²) in [5, 5.41) is 3.28. The molecular formula is C26H28N4O2. The molecule has 2 aliphatic rings. The number of hydrogen-bond acceptors (Lipinski definition) is 5. The molecule has 6 heteroatoms. The monoisotopic (exact) mass is 428 g/mol. The van der Waals surface area contributed by atoms with E-state index in [9.17, 15) is 4.79 Å². The first-order valence-corrected chi connectivity index (χ1v) is 11.4. The van der Waals surface area contributed by atoms with Gasteiger partial charge >= 0.3 is 0 Å². The average molecular weight is 429 g/mol. The largest absolute Gasteiger partial charge is 0.476 e. The topological polar surface area (TPSA) is 67.3 Å². The van der Waals surface area contributed by atoms with E-state index in [4.69, 9.17) is 4.74 Å². The van der Waals surface area contributed by atoms with E-state index in [1.54, 1.807) is 6.20 Å². The molecule has 1 amide bonds. The van der Waals surface area contributed by atoms with Gasteiger partial charge in [0.15, 0.2) is 0 Å². The van der Waals surface area contributed by atoms with Crippen molar-refractivity contribution in [2.75, 3.05) is 13.2 Å². The maximum atomic E-state index is 13.5. The molecule has 1 aliphatic carbocycles. The predicted octanol–water partition coefficient (Wildman–Crippen LogP) is 4.14. The van der Waals surface area contributed by atoms with Crippen molar-refractivity contribution in [3.63, 3.8) is 0 Å². The Morgan fingerprint density at radius 3 is 2.72 bits per heavy atom. The molecule has 1 aliphatic heterocycles. The number of benzene rings is 2. The SMILES string of the molecule is O=C(NC1CCCC1)C1c2cncnc2OCCN1Cc1cccc(-c2ccccc2)c1. The first kappa shape index (κ1) is 20.6. The molecule has 1 saturated carbocycles. The van der Waals surface area contributed by atoms with Crippen LogP contribution in [0.5, 0.6) is 5.88 Å². The van der Waals surface area contributed by atoms with Crippen LogP contribution >= 0.6 is 0 Å². The summed E-state index contributed by atoms with van der Waals surface area (Å²) in [6, 6.07) is 18.7. The molecule has 0 radical (unpaired) electrons. The first-order valence-electron chi connectivity index (χ1n) is 11.4. The maximum absolute atomic E-state index is 13.5. The lowest BCUT2D eigenvalue weighted by Gasteiger charge is -2.29. The highest BCUT2D eigenvalue weighted by atomic mass is 16.5. The van der Waals surface area contributed by atoms with Gasteiger partial charge in [0.2, 0.25) is 11.8 Å². The molecule has 3 aromatic rings. The third kappa shape index (κ3) is 4.50. The van der Waals surface area contributed by atoms with Crippen molar-refractivity contribution in [2.24, 2.45) is 0 Å². The predicted molar refractivity (Wildman–Crippen MR) is 123 cm³/mol. The van der Waals surface area contributed by atoms with Crippen molar-refractivity contribution >= 4 is 5.91 Å². The standard InChI is InChI=1S/C26H28N4O2/c31-25(29-22-11-4-5-12-22)24-23-16-27-18-28-26(23)32-14-13-30(24)17-19-7-6-10-21(15-19)20-8-2-1-3-9-20/h1-3,6-10,15-16,18,22,24H,4-5,11-14,17H2,(H,29,31). The average Bonchev–Trinajstić information content (AvgIpc) is 3.26. The van der Waals surface area contributed by atoms with Crippen molar-refractivity contribution < 1.29 is 9.53 Å². The quantitative estimate of drug-likeness (QED) is 0.662. The normalized spacial score (nSPS) is 19.1. The summed E-state index contributed by atoms with van der Waals surface area (Å²) in [6.45, 7) is 1.76. The van der Waals surface area contributed by atoms with Crippen LogP contribution in [0.15, 0.2) is 67.1 Å². The van der Waals surface area contributed by atoms with Gasteiger partial charge in [0, 0.05) is 25.3 Å². The number of hydrogen-bond donors (Lipinski definition) is 1. The Morgan fingerprint density at radius 1 is 1.06 bits per heavy atom. The third-order valence-corrected chi connectivity index (χ3v) is 6.35. The second-order valence-electron chi connectivity index (χ2n) is 8.56. The number of aromatic nitrogens is 2. The highest BCUT2D eigenvalue weighted by Gasteiger charge is 2.35. The van der Waals surface area contributed by atoms with E-state index in [1.807, 2.05) is 6.07 Å². The molecule has 5 rings (SSSR count). The van der Waals surface area contributed by atoms with Crippen LogP contribution in [-0.4, -0.2) is 40.0 Å². The molecule has 2 aromatic carbocycles. The van der Waals surface area contributed by atoms with Gasteiger partial charge in [-0.25, -0.2) is 9.97 Å². The summed E-state index contributed by atoms with van der Waals surface area (Å²) in [6.07, 6.45) is 7.64. The zero-order valence-corrected chi connectivity index (χ0v) is 18.1. The van der Waals surface area contributed by atoms with Gasteiger partial charge < -0.3 is 10.1 Å². The third-order valence-electron chi connectivity index (χ3n) is 6.35. The number of carbonyl (C=O) groups is 1. The minimum atomic E-state index is -0.477. The molecule has 32 heavy (non-hydrogen) atoms.